The molecule has 0 unspecified atom stereocenters. The minimum atomic E-state index is 0.891. The maximum Gasteiger partial charge on any atom is 0.134 e. The molecule has 2 rings (SSSR count). The second-order valence-corrected chi connectivity index (χ2v) is 3.64. The fraction of sp³-hybridized carbons (Fsp3) is 0.111. The molecule has 0 atom stereocenters. The summed E-state index contributed by atoms with van der Waals surface area (Å²) in [6.45, 7) is 1.93. The van der Waals surface area contributed by atoms with E-state index in [1.807, 2.05) is 35.8 Å². The lowest BCUT2D eigenvalue weighted by Crippen LogP contribution is -1.94. The van der Waals surface area contributed by atoms with Crippen LogP contribution in [0.5, 0.6) is 0 Å². The Balaban J connectivity index is 2.47. The van der Waals surface area contributed by atoms with Gasteiger partial charge in [-0.3, -0.25) is 4.57 Å². The summed E-state index contributed by atoms with van der Waals surface area (Å²) in [5, 5.41) is 7.74. The molecular formula is C9H8BrN3. The van der Waals surface area contributed by atoms with Gasteiger partial charge in [0.05, 0.1) is 0 Å². The monoisotopic (exact) mass is 237 g/mol. The molecule has 13 heavy (non-hydrogen) atoms. The highest BCUT2D eigenvalue weighted by atomic mass is 79.9. The standard InChI is InChI=1S/C9H8BrN3/c1-7-12-11-6-13(7)9-4-2-8(10)3-5-9/h2-6H,1H3. The van der Waals surface area contributed by atoms with Crippen LogP contribution in [0.2, 0.25) is 0 Å². The largest absolute Gasteiger partial charge is 0.286 e. The Labute approximate surface area is 84.5 Å². The first-order valence-corrected chi connectivity index (χ1v) is 4.69. The topological polar surface area (TPSA) is 30.7 Å². The molecular weight excluding hydrogens is 230 g/mol. The van der Waals surface area contributed by atoms with Crippen molar-refractivity contribution in [2.45, 2.75) is 6.92 Å². The van der Waals surface area contributed by atoms with Gasteiger partial charge in [0.15, 0.2) is 0 Å². The molecule has 3 nitrogen and oxygen atoms in total. The number of aromatic nitrogens is 3. The summed E-state index contributed by atoms with van der Waals surface area (Å²) in [6.07, 6.45) is 1.71. The van der Waals surface area contributed by atoms with Gasteiger partial charge in [0.2, 0.25) is 0 Å². The highest BCUT2D eigenvalue weighted by Gasteiger charge is 1.99. The maximum absolute atomic E-state index is 3.92. The fourth-order valence-corrected chi connectivity index (χ4v) is 1.41. The van der Waals surface area contributed by atoms with Crippen molar-refractivity contribution in [3.63, 3.8) is 0 Å². The van der Waals surface area contributed by atoms with E-state index in [-0.39, 0.29) is 0 Å². The third-order valence-electron chi connectivity index (χ3n) is 1.82. The van der Waals surface area contributed by atoms with Crippen LogP contribution >= 0.6 is 15.9 Å². The number of rotatable bonds is 1. The minimum Gasteiger partial charge on any atom is -0.286 e. The van der Waals surface area contributed by atoms with Crippen LogP contribution in [-0.2, 0) is 0 Å². The molecule has 0 radical (unpaired) electrons. The molecule has 0 spiro atoms. The summed E-state index contributed by atoms with van der Waals surface area (Å²) in [7, 11) is 0. The van der Waals surface area contributed by atoms with E-state index in [9.17, 15) is 0 Å². The summed E-state index contributed by atoms with van der Waals surface area (Å²) in [4.78, 5) is 0. The van der Waals surface area contributed by atoms with Crippen molar-refractivity contribution < 1.29 is 0 Å². The van der Waals surface area contributed by atoms with Crippen molar-refractivity contribution >= 4 is 15.9 Å². The Hall–Kier alpha value is -1.16. The van der Waals surface area contributed by atoms with E-state index in [1.165, 1.54) is 0 Å². The predicted molar refractivity (Wildman–Crippen MR) is 53.8 cm³/mol. The normalized spacial score (nSPS) is 10.3. The zero-order valence-electron chi connectivity index (χ0n) is 7.11. The van der Waals surface area contributed by atoms with Gasteiger partial charge in [-0.15, -0.1) is 10.2 Å². The molecule has 4 heteroatoms. The van der Waals surface area contributed by atoms with Crippen LogP contribution in [0, 0.1) is 6.92 Å². The smallest absolute Gasteiger partial charge is 0.134 e. The summed E-state index contributed by atoms with van der Waals surface area (Å²) in [6, 6.07) is 8.02. The first-order chi connectivity index (χ1) is 6.27. The van der Waals surface area contributed by atoms with E-state index in [0.717, 1.165) is 16.0 Å². The molecule has 0 aliphatic heterocycles. The number of hydrogen-bond donors (Lipinski definition) is 0. The summed E-state index contributed by atoms with van der Waals surface area (Å²) < 4.78 is 3.01. The molecule has 0 bridgehead atoms. The van der Waals surface area contributed by atoms with Crippen molar-refractivity contribution in [1.29, 1.82) is 0 Å². The van der Waals surface area contributed by atoms with Crippen LogP contribution in [0.4, 0.5) is 0 Å². The van der Waals surface area contributed by atoms with E-state index < -0.39 is 0 Å². The maximum atomic E-state index is 3.92. The zero-order chi connectivity index (χ0) is 9.26. The van der Waals surface area contributed by atoms with Gasteiger partial charge >= 0.3 is 0 Å². The molecule has 0 fully saturated rings. The molecule has 1 aromatic carbocycles. The Morgan fingerprint density at radius 1 is 1.23 bits per heavy atom. The number of aryl methyl sites for hydroxylation is 1. The lowest BCUT2D eigenvalue weighted by Gasteiger charge is -2.02. The van der Waals surface area contributed by atoms with Crippen LogP contribution in [0.1, 0.15) is 5.82 Å². The fourth-order valence-electron chi connectivity index (χ4n) is 1.15. The van der Waals surface area contributed by atoms with Crippen molar-refractivity contribution in [3.05, 3.63) is 40.9 Å². The number of benzene rings is 1. The van der Waals surface area contributed by atoms with Crippen molar-refractivity contribution in [2.24, 2.45) is 0 Å². The minimum absolute atomic E-state index is 0.891. The molecule has 66 valence electrons. The molecule has 1 aromatic heterocycles. The lowest BCUT2D eigenvalue weighted by molar-refractivity contribution is 0.969. The summed E-state index contributed by atoms with van der Waals surface area (Å²) in [5.41, 5.74) is 1.07. The zero-order valence-corrected chi connectivity index (χ0v) is 8.69. The van der Waals surface area contributed by atoms with Crippen LogP contribution in [0.25, 0.3) is 5.69 Å². The van der Waals surface area contributed by atoms with Crippen LogP contribution in [0.3, 0.4) is 0 Å². The van der Waals surface area contributed by atoms with Gasteiger partial charge in [-0.25, -0.2) is 0 Å². The lowest BCUT2D eigenvalue weighted by atomic mass is 10.3. The molecule has 0 N–H and O–H groups in total. The molecule has 0 aliphatic carbocycles. The Bertz CT molecular complexity index is 405. The number of halogens is 1. The molecule has 0 saturated carbocycles. The molecule has 0 aliphatic rings. The SMILES string of the molecule is Cc1nncn1-c1ccc(Br)cc1. The van der Waals surface area contributed by atoms with Gasteiger partial charge in [-0.1, -0.05) is 15.9 Å². The second-order valence-electron chi connectivity index (χ2n) is 2.72. The molecule has 0 amide bonds. The summed E-state index contributed by atoms with van der Waals surface area (Å²) in [5.74, 6) is 0.891. The summed E-state index contributed by atoms with van der Waals surface area (Å²) >= 11 is 3.39. The van der Waals surface area contributed by atoms with Crippen molar-refractivity contribution in [2.75, 3.05) is 0 Å². The third kappa shape index (κ3) is 1.62. The molecule has 0 saturated heterocycles. The Morgan fingerprint density at radius 3 is 2.46 bits per heavy atom. The predicted octanol–water partition coefficient (Wildman–Crippen LogP) is 2.34. The molecule has 2 aromatic rings. The van der Waals surface area contributed by atoms with Gasteiger partial charge in [0.25, 0.3) is 0 Å². The Kier molecular flexibility index (Phi) is 2.14. The van der Waals surface area contributed by atoms with Gasteiger partial charge in [-0.2, -0.15) is 0 Å². The van der Waals surface area contributed by atoms with Gasteiger partial charge < -0.3 is 0 Å². The second kappa shape index (κ2) is 3.30. The third-order valence-corrected chi connectivity index (χ3v) is 2.35. The van der Waals surface area contributed by atoms with Gasteiger partial charge in [0.1, 0.15) is 12.2 Å². The van der Waals surface area contributed by atoms with E-state index in [2.05, 4.69) is 26.1 Å². The first-order valence-electron chi connectivity index (χ1n) is 3.90. The highest BCUT2D eigenvalue weighted by molar-refractivity contribution is 9.10. The van der Waals surface area contributed by atoms with Gasteiger partial charge in [-0.05, 0) is 31.2 Å². The average molecular weight is 238 g/mol. The van der Waals surface area contributed by atoms with Crippen LogP contribution in [-0.4, -0.2) is 14.8 Å². The Morgan fingerprint density at radius 2 is 1.92 bits per heavy atom. The van der Waals surface area contributed by atoms with E-state index in [4.69, 9.17) is 0 Å². The number of nitrogens with zero attached hydrogens (tertiary/aromatic N) is 3. The van der Waals surface area contributed by atoms with E-state index >= 15 is 0 Å². The van der Waals surface area contributed by atoms with E-state index in [1.54, 1.807) is 6.33 Å². The van der Waals surface area contributed by atoms with Crippen LogP contribution < -0.4 is 0 Å². The van der Waals surface area contributed by atoms with Gasteiger partial charge in [0, 0.05) is 10.2 Å². The number of hydrogen-bond acceptors (Lipinski definition) is 2. The van der Waals surface area contributed by atoms with E-state index in [0.29, 0.717) is 0 Å². The first kappa shape index (κ1) is 8.44. The van der Waals surface area contributed by atoms with Crippen molar-refractivity contribution in [3.8, 4) is 5.69 Å². The molecule has 1 heterocycles. The average Bonchev–Trinajstić information content (AvgIpc) is 2.53. The highest BCUT2D eigenvalue weighted by Crippen LogP contribution is 2.14. The van der Waals surface area contributed by atoms with Crippen LogP contribution in [0.15, 0.2) is 35.1 Å². The quantitative estimate of drug-likeness (QED) is 0.763. The van der Waals surface area contributed by atoms with Crippen molar-refractivity contribution in [1.82, 2.24) is 14.8 Å².